The summed E-state index contributed by atoms with van der Waals surface area (Å²) in [5, 5.41) is 0. The van der Waals surface area contributed by atoms with Gasteiger partial charge in [-0.15, -0.1) is 0 Å². The van der Waals surface area contributed by atoms with Crippen LogP contribution in [-0.2, 0) is 0 Å². The summed E-state index contributed by atoms with van der Waals surface area (Å²) in [6, 6.07) is 11.3. The molecule has 6 heteroatoms. The first-order valence-corrected chi connectivity index (χ1v) is 7.78. The van der Waals surface area contributed by atoms with E-state index in [4.69, 9.17) is 4.74 Å². The summed E-state index contributed by atoms with van der Waals surface area (Å²) in [6.07, 6.45) is 3.38. The molecule has 0 aliphatic carbocycles. The second-order valence-electron chi connectivity index (χ2n) is 5.45. The number of para-hydroxylation sites is 2. The first kappa shape index (κ1) is 14.4. The fourth-order valence-electron chi connectivity index (χ4n) is 2.92. The predicted molar refractivity (Wildman–Crippen MR) is 90.6 cm³/mol. The maximum atomic E-state index is 13.1. The molecule has 0 aliphatic heterocycles. The Hall–Kier alpha value is -3.15. The number of aryl methyl sites for hydroxylation is 1. The molecule has 0 spiro atoms. The maximum absolute atomic E-state index is 13.1. The van der Waals surface area contributed by atoms with E-state index >= 15 is 0 Å². The fraction of sp³-hybridized carbons (Fsp3) is 0.167. The molecular weight excluding hydrogens is 304 g/mol. The van der Waals surface area contributed by atoms with Crippen LogP contribution in [0.2, 0.25) is 0 Å². The van der Waals surface area contributed by atoms with Gasteiger partial charge in [0, 0.05) is 6.20 Å². The highest BCUT2D eigenvalue weighted by atomic mass is 16.5. The Morgan fingerprint density at radius 1 is 1.21 bits per heavy atom. The number of benzene rings is 1. The number of carbonyl (C=O) groups is 1. The van der Waals surface area contributed by atoms with Crippen LogP contribution >= 0.6 is 0 Å². The van der Waals surface area contributed by atoms with Crippen molar-refractivity contribution < 1.29 is 9.53 Å². The molecule has 0 N–H and O–H groups in total. The first-order chi connectivity index (χ1) is 11.7. The standard InChI is InChI=1S/C18H16N4O2/c1-3-24-15-9-6-10-21-16(12(2)20-17(15)21)18(23)22-11-19-13-7-4-5-8-14(13)22/h4-11H,3H2,1-2H3. The highest BCUT2D eigenvalue weighted by Gasteiger charge is 2.21. The molecule has 24 heavy (non-hydrogen) atoms. The summed E-state index contributed by atoms with van der Waals surface area (Å²) in [6.45, 7) is 4.29. The van der Waals surface area contributed by atoms with Gasteiger partial charge in [0.1, 0.15) is 12.0 Å². The molecule has 0 bridgehead atoms. The average Bonchev–Trinajstić information content (AvgIpc) is 3.16. The topological polar surface area (TPSA) is 61.4 Å². The monoisotopic (exact) mass is 320 g/mol. The molecule has 0 unspecified atom stereocenters. The number of aromatic nitrogens is 4. The number of imidazole rings is 2. The van der Waals surface area contributed by atoms with E-state index in [0.717, 1.165) is 11.0 Å². The zero-order valence-electron chi connectivity index (χ0n) is 13.4. The van der Waals surface area contributed by atoms with E-state index in [1.807, 2.05) is 56.4 Å². The van der Waals surface area contributed by atoms with Crippen molar-refractivity contribution in [2.75, 3.05) is 6.61 Å². The summed E-state index contributed by atoms with van der Waals surface area (Å²) in [5.41, 5.74) is 3.37. The molecule has 1 aromatic carbocycles. The van der Waals surface area contributed by atoms with E-state index in [9.17, 15) is 4.79 Å². The highest BCUT2D eigenvalue weighted by Crippen LogP contribution is 2.23. The molecule has 3 heterocycles. The Balaban J connectivity index is 1.91. The van der Waals surface area contributed by atoms with Crippen molar-refractivity contribution in [1.29, 1.82) is 0 Å². The highest BCUT2D eigenvalue weighted by molar-refractivity contribution is 6.01. The minimum absolute atomic E-state index is 0.164. The molecule has 0 atom stereocenters. The van der Waals surface area contributed by atoms with Gasteiger partial charge in [-0.25, -0.2) is 9.97 Å². The number of hydrogen-bond donors (Lipinski definition) is 0. The van der Waals surface area contributed by atoms with Crippen LogP contribution in [0, 0.1) is 6.92 Å². The number of hydrogen-bond acceptors (Lipinski definition) is 4. The number of fused-ring (bicyclic) bond motifs is 2. The molecule has 0 saturated heterocycles. The number of rotatable bonds is 3. The Labute approximate surface area is 138 Å². The second kappa shape index (κ2) is 5.49. The van der Waals surface area contributed by atoms with Crippen LogP contribution in [-0.4, -0.2) is 31.4 Å². The van der Waals surface area contributed by atoms with Gasteiger partial charge in [-0.05, 0) is 38.1 Å². The van der Waals surface area contributed by atoms with Crippen molar-refractivity contribution in [3.63, 3.8) is 0 Å². The Bertz CT molecular complexity index is 1060. The average molecular weight is 320 g/mol. The number of nitrogens with zero attached hydrogens (tertiary/aromatic N) is 4. The van der Waals surface area contributed by atoms with Crippen molar-refractivity contribution in [2.45, 2.75) is 13.8 Å². The third-order valence-electron chi connectivity index (χ3n) is 3.96. The van der Waals surface area contributed by atoms with E-state index in [1.165, 1.54) is 0 Å². The van der Waals surface area contributed by atoms with E-state index in [0.29, 0.717) is 29.4 Å². The molecule has 4 rings (SSSR count). The molecule has 3 aromatic heterocycles. The molecule has 0 amide bonds. The van der Waals surface area contributed by atoms with Gasteiger partial charge < -0.3 is 4.74 Å². The summed E-state index contributed by atoms with van der Waals surface area (Å²) >= 11 is 0. The van der Waals surface area contributed by atoms with Crippen LogP contribution in [0.15, 0.2) is 48.9 Å². The summed E-state index contributed by atoms with van der Waals surface area (Å²) in [5.74, 6) is 0.500. The van der Waals surface area contributed by atoms with E-state index in [1.54, 1.807) is 15.3 Å². The van der Waals surface area contributed by atoms with Gasteiger partial charge in [-0.1, -0.05) is 12.1 Å². The van der Waals surface area contributed by atoms with Crippen LogP contribution in [0.3, 0.4) is 0 Å². The van der Waals surface area contributed by atoms with Gasteiger partial charge in [0.2, 0.25) is 0 Å². The third-order valence-corrected chi connectivity index (χ3v) is 3.96. The van der Waals surface area contributed by atoms with Gasteiger partial charge in [0.15, 0.2) is 11.4 Å². The quantitative estimate of drug-likeness (QED) is 0.582. The van der Waals surface area contributed by atoms with Crippen LogP contribution < -0.4 is 4.74 Å². The lowest BCUT2D eigenvalue weighted by Gasteiger charge is -2.07. The molecule has 0 saturated carbocycles. The zero-order valence-corrected chi connectivity index (χ0v) is 13.4. The summed E-state index contributed by atoms with van der Waals surface area (Å²) in [7, 11) is 0. The largest absolute Gasteiger partial charge is 0.490 e. The first-order valence-electron chi connectivity index (χ1n) is 7.78. The van der Waals surface area contributed by atoms with Gasteiger partial charge in [0.25, 0.3) is 5.91 Å². The summed E-state index contributed by atoms with van der Waals surface area (Å²) < 4.78 is 8.94. The maximum Gasteiger partial charge on any atom is 0.282 e. The normalized spacial score (nSPS) is 11.2. The second-order valence-corrected chi connectivity index (χ2v) is 5.45. The van der Waals surface area contributed by atoms with Crippen LogP contribution in [0.1, 0.15) is 23.1 Å². The Morgan fingerprint density at radius 2 is 2.04 bits per heavy atom. The van der Waals surface area contributed by atoms with Crippen LogP contribution in [0.25, 0.3) is 16.7 Å². The molecule has 0 fully saturated rings. The number of pyridine rings is 1. The van der Waals surface area contributed by atoms with Gasteiger partial charge >= 0.3 is 0 Å². The van der Waals surface area contributed by atoms with Gasteiger partial charge in [-0.3, -0.25) is 13.8 Å². The molecule has 4 aromatic rings. The van der Waals surface area contributed by atoms with Crippen molar-refractivity contribution in [3.8, 4) is 5.75 Å². The van der Waals surface area contributed by atoms with Crippen LogP contribution in [0.5, 0.6) is 5.75 Å². The van der Waals surface area contributed by atoms with E-state index in [2.05, 4.69) is 9.97 Å². The smallest absolute Gasteiger partial charge is 0.282 e. The molecule has 6 nitrogen and oxygen atoms in total. The lowest BCUT2D eigenvalue weighted by atomic mass is 10.3. The van der Waals surface area contributed by atoms with Crippen molar-refractivity contribution in [3.05, 3.63) is 60.3 Å². The molecule has 0 radical (unpaired) electrons. The SMILES string of the molecule is CCOc1cccn2c(C(=O)n3cnc4ccccc43)c(C)nc12. The fourth-order valence-corrected chi connectivity index (χ4v) is 2.92. The third kappa shape index (κ3) is 2.07. The van der Waals surface area contributed by atoms with Crippen LogP contribution in [0.4, 0.5) is 0 Å². The van der Waals surface area contributed by atoms with Crippen molar-refractivity contribution in [2.24, 2.45) is 0 Å². The zero-order chi connectivity index (χ0) is 16.7. The lowest BCUT2D eigenvalue weighted by molar-refractivity contribution is 0.0958. The minimum atomic E-state index is -0.164. The predicted octanol–water partition coefficient (Wildman–Crippen LogP) is 3.08. The lowest BCUT2D eigenvalue weighted by Crippen LogP contribution is -2.14. The molecular formula is C18H16N4O2. The molecule has 120 valence electrons. The number of ether oxygens (including phenoxy) is 1. The van der Waals surface area contributed by atoms with Gasteiger partial charge in [0.05, 0.1) is 23.3 Å². The Morgan fingerprint density at radius 3 is 2.88 bits per heavy atom. The minimum Gasteiger partial charge on any atom is -0.490 e. The van der Waals surface area contributed by atoms with Crippen molar-refractivity contribution in [1.82, 2.24) is 18.9 Å². The van der Waals surface area contributed by atoms with Crippen molar-refractivity contribution >= 4 is 22.6 Å². The Kier molecular flexibility index (Phi) is 3.30. The molecule has 0 aliphatic rings. The van der Waals surface area contributed by atoms with E-state index in [-0.39, 0.29) is 5.91 Å². The summed E-state index contributed by atoms with van der Waals surface area (Å²) in [4.78, 5) is 21.9. The number of carbonyl (C=O) groups excluding carboxylic acids is 1. The van der Waals surface area contributed by atoms with E-state index < -0.39 is 0 Å². The van der Waals surface area contributed by atoms with Gasteiger partial charge in [-0.2, -0.15) is 0 Å².